The fourth-order valence-electron chi connectivity index (χ4n) is 3.60. The number of carbonyl (C=O) groups excluding carboxylic acids is 1. The molecule has 0 radical (unpaired) electrons. The van der Waals surface area contributed by atoms with E-state index in [9.17, 15) is 4.79 Å². The second-order valence-corrected chi connectivity index (χ2v) is 7.02. The molecule has 1 aromatic heterocycles. The van der Waals surface area contributed by atoms with Gasteiger partial charge in [-0.1, -0.05) is 37.3 Å². The van der Waals surface area contributed by atoms with Gasteiger partial charge in [0.15, 0.2) is 0 Å². The third kappa shape index (κ3) is 3.89. The maximum atomic E-state index is 13.5. The highest BCUT2D eigenvalue weighted by Gasteiger charge is 2.28. The summed E-state index contributed by atoms with van der Waals surface area (Å²) in [6.45, 7) is 3.81. The summed E-state index contributed by atoms with van der Waals surface area (Å²) < 4.78 is 13.0. The van der Waals surface area contributed by atoms with E-state index in [2.05, 4.69) is 6.92 Å². The van der Waals surface area contributed by atoms with E-state index >= 15 is 0 Å². The zero-order valence-corrected chi connectivity index (χ0v) is 16.7. The number of rotatable bonds is 5. The lowest BCUT2D eigenvalue weighted by Gasteiger charge is -2.32. The Morgan fingerprint density at radius 2 is 1.93 bits per heavy atom. The minimum absolute atomic E-state index is 0.0326. The van der Waals surface area contributed by atoms with E-state index in [1.54, 1.807) is 11.8 Å². The number of amides is 1. The number of hydrogen-bond donors (Lipinski definition) is 0. The first-order valence-electron chi connectivity index (χ1n) is 9.90. The first-order chi connectivity index (χ1) is 14.2. The van der Waals surface area contributed by atoms with Crippen LogP contribution in [0.1, 0.15) is 23.7 Å². The quantitative estimate of drug-likeness (QED) is 0.664. The van der Waals surface area contributed by atoms with Crippen molar-refractivity contribution in [2.75, 3.05) is 26.8 Å². The third-order valence-corrected chi connectivity index (χ3v) is 5.21. The molecule has 0 N–H and O–H groups in total. The molecule has 3 aromatic rings. The third-order valence-electron chi connectivity index (χ3n) is 5.21. The Labute approximate surface area is 170 Å². The molecule has 1 saturated heterocycles. The van der Waals surface area contributed by atoms with E-state index in [-0.39, 0.29) is 12.0 Å². The van der Waals surface area contributed by atoms with Crippen LogP contribution in [0.15, 0.2) is 60.8 Å². The van der Waals surface area contributed by atoms with Crippen molar-refractivity contribution in [2.24, 2.45) is 0 Å². The van der Waals surface area contributed by atoms with Crippen molar-refractivity contribution in [1.82, 2.24) is 14.7 Å². The second-order valence-electron chi connectivity index (χ2n) is 7.02. The number of carbonyl (C=O) groups is 1. The van der Waals surface area contributed by atoms with Crippen LogP contribution in [0.25, 0.3) is 16.9 Å². The fraction of sp³-hybridized carbons (Fsp3) is 0.304. The predicted molar refractivity (Wildman–Crippen MR) is 111 cm³/mol. The molecule has 1 aliphatic heterocycles. The molecule has 0 unspecified atom stereocenters. The number of ether oxygens (including phenoxy) is 2. The van der Waals surface area contributed by atoms with Crippen LogP contribution in [0, 0.1) is 0 Å². The van der Waals surface area contributed by atoms with Crippen molar-refractivity contribution in [2.45, 2.75) is 19.4 Å². The normalized spacial score (nSPS) is 16.6. The van der Waals surface area contributed by atoms with Gasteiger partial charge in [0, 0.05) is 24.8 Å². The number of para-hydroxylation sites is 2. The molecule has 1 atom stereocenters. The van der Waals surface area contributed by atoms with Gasteiger partial charge in [-0.2, -0.15) is 5.10 Å². The fourth-order valence-corrected chi connectivity index (χ4v) is 3.60. The molecular formula is C23H25N3O3. The molecule has 1 amide bonds. The Hall–Kier alpha value is -3.12. The number of morpholine rings is 1. The molecule has 150 valence electrons. The van der Waals surface area contributed by atoms with Crippen LogP contribution in [-0.4, -0.2) is 53.5 Å². The molecule has 0 spiro atoms. The number of nitrogens with zero attached hydrogens (tertiary/aromatic N) is 3. The summed E-state index contributed by atoms with van der Waals surface area (Å²) in [6.07, 6.45) is 2.77. The molecule has 0 aliphatic carbocycles. The largest absolute Gasteiger partial charge is 0.496 e. The molecular weight excluding hydrogens is 366 g/mol. The number of methoxy groups -OCH3 is 1. The Morgan fingerprint density at radius 1 is 1.17 bits per heavy atom. The van der Waals surface area contributed by atoms with Gasteiger partial charge in [-0.15, -0.1) is 0 Å². The van der Waals surface area contributed by atoms with Crippen LogP contribution in [0.5, 0.6) is 5.75 Å². The number of benzene rings is 2. The van der Waals surface area contributed by atoms with E-state index in [1.807, 2.05) is 65.7 Å². The topological polar surface area (TPSA) is 56.6 Å². The molecule has 0 bridgehead atoms. The van der Waals surface area contributed by atoms with Crippen LogP contribution in [0.2, 0.25) is 0 Å². The summed E-state index contributed by atoms with van der Waals surface area (Å²) in [4.78, 5) is 15.3. The van der Waals surface area contributed by atoms with Crippen LogP contribution in [0.4, 0.5) is 0 Å². The number of aromatic nitrogens is 2. The van der Waals surface area contributed by atoms with Crippen LogP contribution in [0.3, 0.4) is 0 Å². The van der Waals surface area contributed by atoms with E-state index in [4.69, 9.17) is 14.6 Å². The van der Waals surface area contributed by atoms with Gasteiger partial charge in [0.05, 0.1) is 31.1 Å². The van der Waals surface area contributed by atoms with Crippen molar-refractivity contribution < 1.29 is 14.3 Å². The van der Waals surface area contributed by atoms with Crippen molar-refractivity contribution in [3.05, 3.63) is 66.4 Å². The van der Waals surface area contributed by atoms with Crippen LogP contribution in [-0.2, 0) is 4.74 Å². The van der Waals surface area contributed by atoms with Gasteiger partial charge in [-0.05, 0) is 30.7 Å². The first kappa shape index (κ1) is 19.2. The van der Waals surface area contributed by atoms with Gasteiger partial charge in [-0.25, -0.2) is 4.68 Å². The molecule has 29 heavy (non-hydrogen) atoms. The van der Waals surface area contributed by atoms with E-state index < -0.39 is 0 Å². The van der Waals surface area contributed by atoms with Crippen molar-refractivity contribution in [3.8, 4) is 22.7 Å². The standard InChI is InChI=1S/C23H25N3O3/c1-3-18-15-25(13-14-29-18)23(27)20-16-26(17-9-5-4-6-10-17)24-22(20)19-11-7-8-12-21(19)28-2/h4-12,16,18H,3,13-15H2,1-2H3/t18-/m0/s1. The molecule has 1 aliphatic rings. The maximum absolute atomic E-state index is 13.5. The summed E-state index contributed by atoms with van der Waals surface area (Å²) in [5.74, 6) is 0.656. The van der Waals surface area contributed by atoms with Crippen LogP contribution >= 0.6 is 0 Å². The summed E-state index contributed by atoms with van der Waals surface area (Å²) in [5.41, 5.74) is 2.88. The monoisotopic (exact) mass is 391 g/mol. The lowest BCUT2D eigenvalue weighted by Crippen LogP contribution is -2.45. The maximum Gasteiger partial charge on any atom is 0.257 e. The Balaban J connectivity index is 1.79. The van der Waals surface area contributed by atoms with Gasteiger partial charge in [0.25, 0.3) is 5.91 Å². The second kappa shape index (κ2) is 8.49. The van der Waals surface area contributed by atoms with Crippen molar-refractivity contribution >= 4 is 5.91 Å². The minimum Gasteiger partial charge on any atom is -0.496 e. The summed E-state index contributed by atoms with van der Waals surface area (Å²) in [6, 6.07) is 17.4. The molecule has 4 rings (SSSR count). The molecule has 0 saturated carbocycles. The highest BCUT2D eigenvalue weighted by atomic mass is 16.5. The van der Waals surface area contributed by atoms with Gasteiger partial charge in [0.2, 0.25) is 0 Å². The smallest absolute Gasteiger partial charge is 0.257 e. The van der Waals surface area contributed by atoms with Crippen molar-refractivity contribution in [3.63, 3.8) is 0 Å². The van der Waals surface area contributed by atoms with Crippen molar-refractivity contribution in [1.29, 1.82) is 0 Å². The highest BCUT2D eigenvalue weighted by molar-refractivity contribution is 6.00. The Morgan fingerprint density at radius 3 is 2.69 bits per heavy atom. The molecule has 1 fully saturated rings. The zero-order chi connectivity index (χ0) is 20.2. The predicted octanol–water partition coefficient (Wildman–Crippen LogP) is 3.80. The molecule has 2 aromatic carbocycles. The highest BCUT2D eigenvalue weighted by Crippen LogP contribution is 2.32. The Kier molecular flexibility index (Phi) is 5.62. The summed E-state index contributed by atoms with van der Waals surface area (Å²) >= 11 is 0. The first-order valence-corrected chi connectivity index (χ1v) is 9.90. The molecule has 6 nitrogen and oxygen atoms in total. The van der Waals surface area contributed by atoms with Gasteiger partial charge >= 0.3 is 0 Å². The average molecular weight is 391 g/mol. The van der Waals surface area contributed by atoms with E-state index in [0.717, 1.165) is 17.7 Å². The van der Waals surface area contributed by atoms with E-state index in [0.29, 0.717) is 36.7 Å². The lowest BCUT2D eigenvalue weighted by molar-refractivity contribution is -0.0226. The SMILES string of the molecule is CC[C@H]1CN(C(=O)c2cn(-c3ccccc3)nc2-c2ccccc2OC)CCO1. The summed E-state index contributed by atoms with van der Waals surface area (Å²) in [7, 11) is 1.63. The average Bonchev–Trinajstić information content (AvgIpc) is 3.24. The zero-order valence-electron chi connectivity index (χ0n) is 16.7. The van der Waals surface area contributed by atoms with Gasteiger partial charge in [0.1, 0.15) is 11.4 Å². The minimum atomic E-state index is -0.0326. The Bertz CT molecular complexity index is 984. The number of hydrogen-bond acceptors (Lipinski definition) is 4. The van der Waals surface area contributed by atoms with Gasteiger partial charge in [-0.3, -0.25) is 4.79 Å². The van der Waals surface area contributed by atoms with Gasteiger partial charge < -0.3 is 14.4 Å². The summed E-state index contributed by atoms with van der Waals surface area (Å²) in [5, 5.41) is 4.77. The molecule has 6 heteroatoms. The molecule has 2 heterocycles. The van der Waals surface area contributed by atoms with Crippen LogP contribution < -0.4 is 4.74 Å². The lowest BCUT2D eigenvalue weighted by atomic mass is 10.1. The van der Waals surface area contributed by atoms with E-state index in [1.165, 1.54) is 0 Å².